The molecule has 1 aliphatic rings. The molecule has 0 saturated carbocycles. The Kier molecular flexibility index (Phi) is 10.6. The number of esters is 1. The molecule has 4 aromatic rings. The van der Waals surface area contributed by atoms with E-state index in [4.69, 9.17) is 23.7 Å². The van der Waals surface area contributed by atoms with Crippen LogP contribution in [0.15, 0.2) is 86.2 Å². The third-order valence-corrected chi connectivity index (χ3v) is 8.71. The maximum Gasteiger partial charge on any atom is 0.338 e. The van der Waals surface area contributed by atoms with Gasteiger partial charge in [-0.05, 0) is 75.2 Å². The number of ether oxygens (including phenoxy) is 5. The van der Waals surface area contributed by atoms with Crippen molar-refractivity contribution in [2.45, 2.75) is 40.3 Å². The van der Waals surface area contributed by atoms with Crippen LogP contribution in [0.3, 0.4) is 0 Å². The molecule has 0 unspecified atom stereocenters. The van der Waals surface area contributed by atoms with Gasteiger partial charge in [0, 0.05) is 10.0 Å². The lowest BCUT2D eigenvalue weighted by Crippen LogP contribution is -2.40. The average molecular weight is 708 g/mol. The molecular weight excluding hydrogens is 672 g/mol. The van der Waals surface area contributed by atoms with Gasteiger partial charge in [0.25, 0.3) is 5.56 Å². The third-order valence-electron chi connectivity index (χ3n) is 7.20. The highest BCUT2D eigenvalue weighted by Gasteiger charge is 2.36. The number of carbonyl (C=O) groups is 1. The van der Waals surface area contributed by atoms with Gasteiger partial charge in [-0.1, -0.05) is 57.6 Å². The summed E-state index contributed by atoms with van der Waals surface area (Å²) < 4.78 is 32.0. The third kappa shape index (κ3) is 6.90. The molecule has 0 spiro atoms. The van der Waals surface area contributed by atoms with Gasteiger partial charge >= 0.3 is 5.97 Å². The maximum absolute atomic E-state index is 14.2. The summed E-state index contributed by atoms with van der Waals surface area (Å²) in [6.07, 6.45) is 1.79. The van der Waals surface area contributed by atoms with E-state index < -0.39 is 12.0 Å². The molecule has 3 aromatic carbocycles. The van der Waals surface area contributed by atoms with Gasteiger partial charge in [0.2, 0.25) is 0 Å². The number of hydrogen-bond acceptors (Lipinski definition) is 9. The number of nitrogens with zero attached hydrogens (tertiary/aromatic N) is 2. The topological polar surface area (TPSA) is 97.6 Å². The lowest BCUT2D eigenvalue weighted by molar-refractivity contribution is -0.139. The van der Waals surface area contributed by atoms with Gasteiger partial charge in [-0.2, -0.15) is 0 Å². The van der Waals surface area contributed by atoms with Crippen molar-refractivity contribution in [1.82, 2.24) is 4.57 Å². The zero-order valence-electron chi connectivity index (χ0n) is 26.3. The number of methoxy groups -OCH3 is 1. The van der Waals surface area contributed by atoms with Crippen molar-refractivity contribution in [1.29, 1.82) is 0 Å². The van der Waals surface area contributed by atoms with E-state index >= 15 is 0 Å². The number of carbonyl (C=O) groups excluding carboxylic acids is 1. The average Bonchev–Trinajstić information content (AvgIpc) is 3.35. The number of fused-ring (bicyclic) bond motifs is 1. The summed E-state index contributed by atoms with van der Waals surface area (Å²) in [5.74, 6) is 1.55. The quantitative estimate of drug-likeness (QED) is 0.168. The Morgan fingerprint density at radius 3 is 2.41 bits per heavy atom. The van der Waals surface area contributed by atoms with Crippen LogP contribution in [0.4, 0.5) is 0 Å². The van der Waals surface area contributed by atoms with Gasteiger partial charge in [0.15, 0.2) is 27.8 Å². The van der Waals surface area contributed by atoms with Crippen molar-refractivity contribution < 1.29 is 28.5 Å². The molecule has 11 heteroatoms. The lowest BCUT2D eigenvalue weighted by Gasteiger charge is -2.26. The van der Waals surface area contributed by atoms with Crippen LogP contribution < -0.4 is 33.8 Å². The Morgan fingerprint density at radius 1 is 0.957 bits per heavy atom. The first-order chi connectivity index (χ1) is 22.3. The molecule has 1 atom stereocenters. The van der Waals surface area contributed by atoms with E-state index in [1.165, 1.54) is 15.9 Å². The number of halogens is 1. The highest BCUT2D eigenvalue weighted by molar-refractivity contribution is 9.10. The van der Waals surface area contributed by atoms with Crippen molar-refractivity contribution in [3.63, 3.8) is 0 Å². The van der Waals surface area contributed by atoms with Gasteiger partial charge in [-0.3, -0.25) is 9.36 Å². The molecule has 2 heterocycles. The molecule has 0 aliphatic carbocycles. The Labute approximate surface area is 279 Å². The minimum Gasteiger partial charge on any atom is -0.493 e. The molecular formula is C35H35BrN2O7S. The molecule has 0 saturated heterocycles. The number of hydrogen-bond donors (Lipinski definition) is 0. The van der Waals surface area contributed by atoms with Crippen LogP contribution in [-0.2, 0) is 16.1 Å². The Hall–Kier alpha value is -4.35. The maximum atomic E-state index is 14.2. The second kappa shape index (κ2) is 14.8. The van der Waals surface area contributed by atoms with E-state index in [2.05, 4.69) is 20.9 Å². The van der Waals surface area contributed by atoms with Crippen molar-refractivity contribution in [3.05, 3.63) is 113 Å². The van der Waals surface area contributed by atoms with Gasteiger partial charge < -0.3 is 23.7 Å². The summed E-state index contributed by atoms with van der Waals surface area (Å²) in [7, 11) is 1.55. The number of benzene rings is 3. The standard InChI is InChI=1S/C35H35BrN2O7S/c1-6-42-28-18-23(14-17-26(28)45-20-22-12-15-24(36)16-13-22)19-29-33(39)38-31(25-10-9-11-27(41-5)32(25)43-7-2)30(34(40)44-8-3)21(4)37-35(38)46-29/h9-19,31H,6-8,20H2,1-5H3/b29-19+/t31-/m1/s1. The minimum atomic E-state index is -0.845. The van der Waals surface area contributed by atoms with Crippen LogP contribution >= 0.6 is 27.3 Å². The molecule has 46 heavy (non-hydrogen) atoms. The first kappa shape index (κ1) is 33.0. The van der Waals surface area contributed by atoms with Crippen LogP contribution in [0.2, 0.25) is 0 Å². The Morgan fingerprint density at radius 2 is 1.72 bits per heavy atom. The van der Waals surface area contributed by atoms with E-state index in [0.717, 1.165) is 15.6 Å². The first-order valence-corrected chi connectivity index (χ1v) is 16.5. The van der Waals surface area contributed by atoms with E-state index in [1.807, 2.05) is 62.4 Å². The number of rotatable bonds is 12. The van der Waals surface area contributed by atoms with E-state index in [1.54, 1.807) is 39.2 Å². The number of para-hydroxylation sites is 1. The zero-order chi connectivity index (χ0) is 32.8. The van der Waals surface area contributed by atoms with E-state index in [-0.39, 0.29) is 17.7 Å². The monoisotopic (exact) mass is 706 g/mol. The molecule has 0 bridgehead atoms. The van der Waals surface area contributed by atoms with Crippen molar-refractivity contribution >= 4 is 39.3 Å². The summed E-state index contributed by atoms with van der Waals surface area (Å²) in [4.78, 5) is 32.7. The SMILES string of the molecule is CCOC(=O)C1=C(C)N=c2s/c(=C/c3ccc(OCc4ccc(Br)cc4)c(OCC)c3)c(=O)n2[C@@H]1c1cccc(OC)c1OCC. The van der Waals surface area contributed by atoms with Gasteiger partial charge in [0.1, 0.15) is 12.6 Å². The molecule has 0 radical (unpaired) electrons. The molecule has 5 rings (SSSR count). The van der Waals surface area contributed by atoms with Crippen LogP contribution in [0, 0.1) is 0 Å². The van der Waals surface area contributed by atoms with Gasteiger partial charge in [0.05, 0.1) is 42.7 Å². The molecule has 0 amide bonds. The summed E-state index contributed by atoms with van der Waals surface area (Å²) in [6, 6.07) is 18.0. The van der Waals surface area contributed by atoms with Crippen LogP contribution in [0.5, 0.6) is 23.0 Å². The van der Waals surface area contributed by atoms with E-state index in [0.29, 0.717) is 63.4 Å². The Balaban J connectivity index is 1.60. The summed E-state index contributed by atoms with van der Waals surface area (Å²) in [6.45, 7) is 8.61. The van der Waals surface area contributed by atoms with Crippen LogP contribution in [0.1, 0.15) is 50.4 Å². The second-order valence-corrected chi connectivity index (χ2v) is 12.1. The zero-order valence-corrected chi connectivity index (χ0v) is 28.7. The highest BCUT2D eigenvalue weighted by atomic mass is 79.9. The van der Waals surface area contributed by atoms with E-state index in [9.17, 15) is 9.59 Å². The first-order valence-electron chi connectivity index (χ1n) is 14.9. The summed E-state index contributed by atoms with van der Waals surface area (Å²) in [5.41, 5.74) is 2.79. The molecule has 0 fully saturated rings. The van der Waals surface area contributed by atoms with Gasteiger partial charge in [-0.25, -0.2) is 9.79 Å². The van der Waals surface area contributed by atoms with Crippen molar-refractivity contribution in [2.24, 2.45) is 4.99 Å². The molecule has 0 N–H and O–H groups in total. The summed E-state index contributed by atoms with van der Waals surface area (Å²) in [5, 5.41) is 0. The number of allylic oxidation sites excluding steroid dienone is 1. The minimum absolute atomic E-state index is 0.175. The molecule has 9 nitrogen and oxygen atoms in total. The molecule has 1 aliphatic heterocycles. The predicted octanol–water partition coefficient (Wildman–Crippen LogP) is 5.95. The van der Waals surface area contributed by atoms with Crippen molar-refractivity contribution in [2.75, 3.05) is 26.9 Å². The smallest absolute Gasteiger partial charge is 0.338 e. The van der Waals surface area contributed by atoms with Crippen LogP contribution in [-0.4, -0.2) is 37.5 Å². The largest absolute Gasteiger partial charge is 0.493 e. The molecule has 240 valence electrons. The normalized spacial score (nSPS) is 14.4. The Bertz CT molecular complexity index is 1950. The number of thiazole rings is 1. The van der Waals surface area contributed by atoms with Crippen molar-refractivity contribution in [3.8, 4) is 23.0 Å². The fraction of sp³-hybridized carbons (Fsp3) is 0.286. The second-order valence-electron chi connectivity index (χ2n) is 10.2. The highest BCUT2D eigenvalue weighted by Crippen LogP contribution is 2.41. The molecule has 1 aromatic heterocycles. The fourth-order valence-electron chi connectivity index (χ4n) is 5.19. The lowest BCUT2D eigenvalue weighted by atomic mass is 9.94. The summed E-state index contributed by atoms with van der Waals surface area (Å²) >= 11 is 4.70. The van der Waals surface area contributed by atoms with Gasteiger partial charge in [-0.15, -0.1) is 0 Å². The predicted molar refractivity (Wildman–Crippen MR) is 181 cm³/mol. The number of aromatic nitrogens is 1. The fourth-order valence-corrected chi connectivity index (χ4v) is 6.50. The van der Waals surface area contributed by atoms with Crippen LogP contribution in [0.25, 0.3) is 6.08 Å².